The highest BCUT2D eigenvalue weighted by atomic mass is 16.5. The van der Waals surface area contributed by atoms with Crippen LogP contribution in [0.25, 0.3) is 11.0 Å². The zero-order valence-corrected chi connectivity index (χ0v) is 27.4. The molecular weight excluding hydrogens is 596 g/mol. The fourth-order valence-electron chi connectivity index (χ4n) is 8.25. The lowest BCUT2D eigenvalue weighted by Gasteiger charge is -2.40. The van der Waals surface area contributed by atoms with E-state index in [1.54, 1.807) is 31.5 Å². The number of hydrogen-bond donors (Lipinski definition) is 1. The van der Waals surface area contributed by atoms with E-state index in [0.29, 0.717) is 30.5 Å². The molecule has 3 amide bonds. The van der Waals surface area contributed by atoms with Crippen LogP contribution >= 0.6 is 0 Å². The second kappa shape index (κ2) is 12.7. The number of amides is 3. The van der Waals surface area contributed by atoms with E-state index in [-0.39, 0.29) is 50.0 Å². The van der Waals surface area contributed by atoms with Crippen molar-refractivity contribution in [1.29, 1.82) is 0 Å². The molecule has 3 aliphatic heterocycles. The molecule has 248 valence electrons. The van der Waals surface area contributed by atoms with Gasteiger partial charge in [-0.3, -0.25) is 14.4 Å². The number of fused-ring (bicyclic) bond motifs is 2. The van der Waals surface area contributed by atoms with Crippen molar-refractivity contribution in [2.75, 3.05) is 24.6 Å². The number of aliphatic hydroxyl groups is 1. The van der Waals surface area contributed by atoms with Crippen LogP contribution in [0.4, 0.5) is 5.69 Å². The van der Waals surface area contributed by atoms with Crippen LogP contribution < -0.4 is 4.90 Å². The fraction of sp³-hybridized carbons (Fsp3) is 0.472. The molecule has 2 unspecified atom stereocenters. The number of ether oxygens (including phenoxy) is 1. The van der Waals surface area contributed by atoms with Gasteiger partial charge in [-0.15, -0.1) is 18.3 Å². The average Bonchev–Trinajstić information content (AvgIpc) is 3.81. The number of para-hydroxylation sites is 2. The van der Waals surface area contributed by atoms with Gasteiger partial charge in [-0.1, -0.05) is 68.5 Å². The molecule has 11 heteroatoms. The van der Waals surface area contributed by atoms with Gasteiger partial charge in [0, 0.05) is 18.8 Å². The maximum Gasteiger partial charge on any atom is 0.250 e. The van der Waals surface area contributed by atoms with E-state index in [2.05, 4.69) is 23.5 Å². The molecule has 47 heavy (non-hydrogen) atoms. The Hall–Kier alpha value is -4.35. The lowest BCUT2D eigenvalue weighted by Crippen LogP contribution is -2.59. The van der Waals surface area contributed by atoms with E-state index in [1.807, 2.05) is 75.4 Å². The maximum atomic E-state index is 15.0. The van der Waals surface area contributed by atoms with Crippen LogP contribution in [0, 0.1) is 17.8 Å². The summed E-state index contributed by atoms with van der Waals surface area (Å²) >= 11 is 0. The van der Waals surface area contributed by atoms with Gasteiger partial charge in [-0.25, -0.2) is 4.68 Å². The highest BCUT2D eigenvalue weighted by Gasteiger charge is 2.79. The van der Waals surface area contributed by atoms with Gasteiger partial charge in [-0.05, 0) is 49.4 Å². The molecule has 1 spiro atoms. The minimum absolute atomic E-state index is 0.0680. The molecule has 4 heterocycles. The number of aromatic nitrogens is 3. The summed E-state index contributed by atoms with van der Waals surface area (Å²) in [6, 6.07) is 15.1. The van der Waals surface area contributed by atoms with Crippen LogP contribution in [-0.2, 0) is 25.8 Å². The first-order valence-corrected chi connectivity index (χ1v) is 16.5. The third-order valence-electron chi connectivity index (χ3n) is 10.5. The summed E-state index contributed by atoms with van der Waals surface area (Å²) in [7, 11) is 0. The SMILES string of the molecule is C=CCN(Cn1nnc2ccccc21)C(=O)C1N([C@@H](CO)C(C)C)C(=O)[C@@H]2[C@@H](C(=O)N(CC=C)c3ccccc3)[C@@]3(CC)CCC12O3. The quantitative estimate of drug-likeness (QED) is 0.282. The smallest absolute Gasteiger partial charge is 0.250 e. The van der Waals surface area contributed by atoms with Crippen molar-refractivity contribution in [2.24, 2.45) is 17.8 Å². The monoisotopic (exact) mass is 640 g/mol. The lowest BCUT2D eigenvalue weighted by molar-refractivity contribution is -0.158. The molecule has 3 saturated heterocycles. The highest BCUT2D eigenvalue weighted by molar-refractivity contribution is 6.03. The molecule has 0 aliphatic carbocycles. The van der Waals surface area contributed by atoms with Gasteiger partial charge in [-0.2, -0.15) is 0 Å². The first kappa shape index (κ1) is 32.6. The summed E-state index contributed by atoms with van der Waals surface area (Å²) in [6.07, 6.45) is 4.77. The van der Waals surface area contributed by atoms with Crippen molar-refractivity contribution in [3.63, 3.8) is 0 Å². The van der Waals surface area contributed by atoms with Crippen molar-refractivity contribution in [1.82, 2.24) is 24.8 Å². The van der Waals surface area contributed by atoms with Crippen LogP contribution in [-0.4, -0.2) is 90.6 Å². The fourth-order valence-corrected chi connectivity index (χ4v) is 8.25. The normalized spacial score (nSPS) is 26.9. The van der Waals surface area contributed by atoms with Gasteiger partial charge >= 0.3 is 0 Å². The van der Waals surface area contributed by atoms with E-state index in [4.69, 9.17) is 4.74 Å². The minimum Gasteiger partial charge on any atom is -0.394 e. The van der Waals surface area contributed by atoms with E-state index in [0.717, 1.165) is 5.52 Å². The Bertz CT molecular complexity index is 1670. The van der Waals surface area contributed by atoms with Crippen LogP contribution in [0.5, 0.6) is 0 Å². The number of hydrogen-bond acceptors (Lipinski definition) is 7. The van der Waals surface area contributed by atoms with Crippen molar-refractivity contribution >= 4 is 34.4 Å². The van der Waals surface area contributed by atoms with Gasteiger partial charge in [0.25, 0.3) is 0 Å². The zero-order chi connectivity index (χ0) is 33.5. The number of carbonyl (C=O) groups is 3. The van der Waals surface area contributed by atoms with Gasteiger partial charge in [0.2, 0.25) is 17.7 Å². The molecule has 1 aromatic heterocycles. The Morgan fingerprint density at radius 3 is 2.43 bits per heavy atom. The Balaban J connectivity index is 1.46. The molecular formula is C36H44N6O5. The number of likely N-dealkylation sites (tertiary alicyclic amines) is 1. The highest BCUT2D eigenvalue weighted by Crippen LogP contribution is 2.65. The molecule has 0 saturated carbocycles. The second-order valence-corrected chi connectivity index (χ2v) is 13.2. The maximum absolute atomic E-state index is 15.0. The van der Waals surface area contributed by atoms with Crippen LogP contribution in [0.2, 0.25) is 0 Å². The predicted molar refractivity (Wildman–Crippen MR) is 178 cm³/mol. The van der Waals surface area contributed by atoms with Crippen molar-refractivity contribution in [3.05, 3.63) is 79.9 Å². The first-order chi connectivity index (χ1) is 22.7. The number of carbonyl (C=O) groups excluding carboxylic acids is 3. The summed E-state index contributed by atoms with van der Waals surface area (Å²) in [5, 5.41) is 19.2. The first-order valence-electron chi connectivity index (χ1n) is 16.5. The van der Waals surface area contributed by atoms with Gasteiger partial charge in [0.05, 0.1) is 35.6 Å². The minimum atomic E-state index is -1.26. The second-order valence-electron chi connectivity index (χ2n) is 13.2. The number of nitrogens with zero attached hydrogens (tertiary/aromatic N) is 6. The number of rotatable bonds is 13. The van der Waals surface area contributed by atoms with Crippen molar-refractivity contribution in [2.45, 2.75) is 70.0 Å². The third kappa shape index (κ3) is 5.07. The molecule has 6 rings (SSSR count). The predicted octanol–water partition coefficient (Wildman–Crippen LogP) is 3.79. The van der Waals surface area contributed by atoms with E-state index < -0.39 is 35.1 Å². The Morgan fingerprint density at radius 2 is 1.77 bits per heavy atom. The van der Waals surface area contributed by atoms with Crippen LogP contribution in [0.1, 0.15) is 40.0 Å². The average molecular weight is 641 g/mol. The molecule has 1 N–H and O–H groups in total. The standard InChI is InChI=1S/C36H44N6O5/c1-6-20-39(23-41-27-17-13-12-16-26(27)37-38-41)34(46)31-36-19-18-35(8-3,47-36)29(30(36)33(45)42(31)28(22-43)24(4)5)32(44)40(21-7-2)25-14-10-9-11-15-25/h6-7,9-17,24,28-31,43H,1-2,8,18-23H2,3-5H3/t28-,29-,30-,31?,35+,36?/m0/s1. The summed E-state index contributed by atoms with van der Waals surface area (Å²) in [6.45, 7) is 13.8. The van der Waals surface area contributed by atoms with Gasteiger partial charge < -0.3 is 24.5 Å². The van der Waals surface area contributed by atoms with Crippen LogP contribution in [0.3, 0.4) is 0 Å². The molecule has 0 radical (unpaired) electrons. The third-order valence-corrected chi connectivity index (χ3v) is 10.5. The van der Waals surface area contributed by atoms with Crippen molar-refractivity contribution < 1.29 is 24.2 Å². The summed E-state index contributed by atoms with van der Waals surface area (Å²) in [5.74, 6) is -2.80. The Morgan fingerprint density at radius 1 is 1.06 bits per heavy atom. The Labute approximate surface area is 275 Å². The molecule has 3 aromatic rings. The van der Waals surface area contributed by atoms with E-state index >= 15 is 4.79 Å². The van der Waals surface area contributed by atoms with E-state index in [9.17, 15) is 14.7 Å². The number of anilines is 1. The van der Waals surface area contributed by atoms with Crippen LogP contribution in [0.15, 0.2) is 79.9 Å². The van der Waals surface area contributed by atoms with E-state index in [1.165, 1.54) is 0 Å². The number of benzene rings is 2. The molecule has 3 aliphatic rings. The number of aliphatic hydroxyl groups excluding tert-OH is 1. The molecule has 3 fully saturated rings. The largest absolute Gasteiger partial charge is 0.394 e. The van der Waals surface area contributed by atoms with Gasteiger partial charge in [0.15, 0.2) is 0 Å². The molecule has 11 nitrogen and oxygen atoms in total. The molecule has 2 aromatic carbocycles. The zero-order valence-electron chi connectivity index (χ0n) is 27.4. The topological polar surface area (TPSA) is 121 Å². The Kier molecular flexibility index (Phi) is 8.80. The molecule has 6 atom stereocenters. The van der Waals surface area contributed by atoms with Crippen molar-refractivity contribution in [3.8, 4) is 0 Å². The summed E-state index contributed by atoms with van der Waals surface area (Å²) in [4.78, 5) is 49.4. The van der Waals surface area contributed by atoms with Gasteiger partial charge in [0.1, 0.15) is 23.8 Å². The summed E-state index contributed by atoms with van der Waals surface area (Å²) < 4.78 is 8.69. The lowest BCUT2D eigenvalue weighted by atomic mass is 9.64. The summed E-state index contributed by atoms with van der Waals surface area (Å²) in [5.41, 5.74) is -0.0250. The molecule has 2 bridgehead atoms.